The fourth-order valence-electron chi connectivity index (χ4n) is 1.88. The molecule has 0 bridgehead atoms. The molecule has 3 heteroatoms. The highest BCUT2D eigenvalue weighted by atomic mass is 16.4. The number of aromatic carboxylic acids is 1. The van der Waals surface area contributed by atoms with Crippen LogP contribution in [-0.2, 0) is 0 Å². The summed E-state index contributed by atoms with van der Waals surface area (Å²) in [5, 5.41) is 18.1. The van der Waals surface area contributed by atoms with E-state index in [4.69, 9.17) is 5.11 Å². The van der Waals surface area contributed by atoms with Crippen molar-refractivity contribution in [3.05, 3.63) is 70.8 Å². The van der Waals surface area contributed by atoms with Crippen LogP contribution < -0.4 is 0 Å². The van der Waals surface area contributed by atoms with E-state index in [0.717, 1.165) is 16.7 Å². The number of carboxylic acid groups (broad SMARTS) is 1. The molecule has 1 N–H and O–H groups in total. The van der Waals surface area contributed by atoms with E-state index in [1.807, 2.05) is 31.2 Å². The maximum atomic E-state index is 10.8. The van der Waals surface area contributed by atoms with Gasteiger partial charge in [-0.2, -0.15) is 5.26 Å². The number of carbonyl (C=O) groups is 1. The van der Waals surface area contributed by atoms with Gasteiger partial charge >= 0.3 is 5.97 Å². The standard InChI is InChI=1S/C17H13NO2/c1-12-3-2-4-15(9-12)16(11-18)10-13-5-7-14(8-6-13)17(19)20/h2-10H,1H3,(H,19,20)/b16-10-. The molecule has 0 atom stereocenters. The molecule has 0 aliphatic rings. The molecule has 2 aromatic rings. The first-order chi connectivity index (χ1) is 9.60. The van der Waals surface area contributed by atoms with E-state index in [0.29, 0.717) is 5.57 Å². The van der Waals surface area contributed by atoms with Gasteiger partial charge in [0.1, 0.15) is 0 Å². The van der Waals surface area contributed by atoms with Crippen molar-refractivity contribution in [1.82, 2.24) is 0 Å². The van der Waals surface area contributed by atoms with E-state index in [2.05, 4.69) is 6.07 Å². The zero-order valence-electron chi connectivity index (χ0n) is 11.0. The van der Waals surface area contributed by atoms with Crippen LogP contribution in [0, 0.1) is 18.3 Å². The first-order valence-electron chi connectivity index (χ1n) is 6.12. The molecule has 0 aromatic heterocycles. The smallest absolute Gasteiger partial charge is 0.335 e. The molecule has 98 valence electrons. The number of rotatable bonds is 3. The van der Waals surface area contributed by atoms with E-state index in [-0.39, 0.29) is 5.56 Å². The Morgan fingerprint density at radius 1 is 1.15 bits per heavy atom. The summed E-state index contributed by atoms with van der Waals surface area (Å²) in [6.45, 7) is 1.97. The lowest BCUT2D eigenvalue weighted by Gasteiger charge is -2.02. The average molecular weight is 263 g/mol. The van der Waals surface area contributed by atoms with Gasteiger partial charge < -0.3 is 5.11 Å². The lowest BCUT2D eigenvalue weighted by atomic mass is 10.0. The van der Waals surface area contributed by atoms with Crippen LogP contribution in [0.2, 0.25) is 0 Å². The number of nitriles is 1. The van der Waals surface area contributed by atoms with Gasteiger partial charge in [-0.05, 0) is 36.3 Å². The topological polar surface area (TPSA) is 61.1 Å². The Hall–Kier alpha value is -2.86. The van der Waals surface area contributed by atoms with E-state index in [9.17, 15) is 10.1 Å². The zero-order chi connectivity index (χ0) is 14.5. The zero-order valence-corrected chi connectivity index (χ0v) is 11.0. The van der Waals surface area contributed by atoms with Crippen molar-refractivity contribution < 1.29 is 9.90 Å². The fraction of sp³-hybridized carbons (Fsp3) is 0.0588. The summed E-state index contributed by atoms with van der Waals surface area (Å²) in [6, 6.07) is 16.3. The van der Waals surface area contributed by atoms with Gasteiger partial charge in [-0.1, -0.05) is 42.0 Å². The van der Waals surface area contributed by atoms with Gasteiger partial charge in [0.2, 0.25) is 0 Å². The largest absolute Gasteiger partial charge is 0.478 e. The predicted octanol–water partition coefficient (Wildman–Crippen LogP) is 3.76. The number of hydrogen-bond acceptors (Lipinski definition) is 2. The van der Waals surface area contributed by atoms with Gasteiger partial charge in [0.15, 0.2) is 0 Å². The van der Waals surface area contributed by atoms with Gasteiger partial charge in [-0.15, -0.1) is 0 Å². The minimum atomic E-state index is -0.959. The van der Waals surface area contributed by atoms with Crippen LogP contribution in [-0.4, -0.2) is 11.1 Å². The molecular formula is C17H13NO2. The van der Waals surface area contributed by atoms with Crippen LogP contribution in [0.1, 0.15) is 27.0 Å². The van der Waals surface area contributed by atoms with Crippen molar-refractivity contribution >= 4 is 17.6 Å². The second-order valence-corrected chi connectivity index (χ2v) is 4.47. The minimum Gasteiger partial charge on any atom is -0.478 e. The Balaban J connectivity index is 2.37. The normalized spacial score (nSPS) is 10.9. The first-order valence-corrected chi connectivity index (χ1v) is 6.12. The summed E-state index contributed by atoms with van der Waals surface area (Å²) in [5.41, 5.74) is 3.53. The van der Waals surface area contributed by atoms with Crippen molar-refractivity contribution in [1.29, 1.82) is 5.26 Å². The number of aryl methyl sites for hydroxylation is 1. The SMILES string of the molecule is Cc1cccc(/C(C#N)=C\c2ccc(C(=O)O)cc2)c1. The predicted molar refractivity (Wildman–Crippen MR) is 78.1 cm³/mol. The highest BCUT2D eigenvalue weighted by molar-refractivity contribution is 5.91. The molecule has 0 saturated carbocycles. The molecule has 0 aliphatic carbocycles. The Kier molecular flexibility index (Phi) is 3.97. The molecule has 0 fully saturated rings. The van der Waals surface area contributed by atoms with E-state index in [1.54, 1.807) is 18.2 Å². The Morgan fingerprint density at radius 2 is 1.85 bits per heavy atom. The summed E-state index contributed by atoms with van der Waals surface area (Å²) in [7, 11) is 0. The van der Waals surface area contributed by atoms with E-state index in [1.165, 1.54) is 12.1 Å². The number of hydrogen-bond donors (Lipinski definition) is 1. The van der Waals surface area contributed by atoms with Crippen molar-refractivity contribution in [3.63, 3.8) is 0 Å². The van der Waals surface area contributed by atoms with Crippen LogP contribution in [0.15, 0.2) is 48.5 Å². The molecular weight excluding hydrogens is 250 g/mol. The van der Waals surface area contributed by atoms with Gasteiger partial charge in [0.05, 0.1) is 17.2 Å². The molecule has 0 unspecified atom stereocenters. The Labute approximate surface area is 117 Å². The summed E-state index contributed by atoms with van der Waals surface area (Å²) >= 11 is 0. The quantitative estimate of drug-likeness (QED) is 0.677. The van der Waals surface area contributed by atoms with Crippen LogP contribution in [0.5, 0.6) is 0 Å². The number of benzene rings is 2. The van der Waals surface area contributed by atoms with Crippen LogP contribution >= 0.6 is 0 Å². The third-order valence-electron chi connectivity index (χ3n) is 2.92. The Morgan fingerprint density at radius 3 is 2.40 bits per heavy atom. The molecule has 2 aromatic carbocycles. The molecule has 0 aliphatic heterocycles. The van der Waals surface area contributed by atoms with Crippen molar-refractivity contribution in [3.8, 4) is 6.07 Å². The minimum absolute atomic E-state index is 0.233. The maximum absolute atomic E-state index is 10.8. The molecule has 0 amide bonds. The molecule has 0 saturated heterocycles. The van der Waals surface area contributed by atoms with Crippen LogP contribution in [0.4, 0.5) is 0 Å². The second-order valence-electron chi connectivity index (χ2n) is 4.47. The third kappa shape index (κ3) is 3.12. The number of nitrogens with zero attached hydrogens (tertiary/aromatic N) is 1. The Bertz CT molecular complexity index is 707. The molecule has 0 heterocycles. The molecule has 20 heavy (non-hydrogen) atoms. The van der Waals surface area contributed by atoms with Crippen molar-refractivity contribution in [2.75, 3.05) is 0 Å². The molecule has 3 nitrogen and oxygen atoms in total. The lowest BCUT2D eigenvalue weighted by molar-refractivity contribution is 0.0697. The second kappa shape index (κ2) is 5.85. The van der Waals surface area contributed by atoms with Crippen molar-refractivity contribution in [2.45, 2.75) is 6.92 Å². The molecule has 0 spiro atoms. The maximum Gasteiger partial charge on any atom is 0.335 e. The van der Waals surface area contributed by atoms with Gasteiger partial charge in [-0.3, -0.25) is 0 Å². The van der Waals surface area contributed by atoms with Gasteiger partial charge in [0, 0.05) is 0 Å². The average Bonchev–Trinajstić information content (AvgIpc) is 2.45. The van der Waals surface area contributed by atoms with Crippen LogP contribution in [0.25, 0.3) is 11.6 Å². The van der Waals surface area contributed by atoms with Gasteiger partial charge in [0.25, 0.3) is 0 Å². The summed E-state index contributed by atoms with van der Waals surface area (Å²) in [4.78, 5) is 10.8. The number of allylic oxidation sites excluding steroid dienone is 1. The lowest BCUT2D eigenvalue weighted by Crippen LogP contribution is -1.94. The molecule has 0 radical (unpaired) electrons. The highest BCUT2D eigenvalue weighted by Crippen LogP contribution is 2.19. The van der Waals surface area contributed by atoms with E-state index >= 15 is 0 Å². The third-order valence-corrected chi connectivity index (χ3v) is 2.92. The number of carboxylic acids is 1. The van der Waals surface area contributed by atoms with Crippen molar-refractivity contribution in [2.24, 2.45) is 0 Å². The summed E-state index contributed by atoms with van der Waals surface area (Å²) in [6.07, 6.45) is 1.75. The summed E-state index contributed by atoms with van der Waals surface area (Å²) < 4.78 is 0. The summed E-state index contributed by atoms with van der Waals surface area (Å²) in [5.74, 6) is -0.959. The van der Waals surface area contributed by atoms with Crippen LogP contribution in [0.3, 0.4) is 0 Å². The monoisotopic (exact) mass is 263 g/mol. The fourth-order valence-corrected chi connectivity index (χ4v) is 1.88. The first kappa shape index (κ1) is 13.6. The highest BCUT2D eigenvalue weighted by Gasteiger charge is 2.03. The van der Waals surface area contributed by atoms with E-state index < -0.39 is 5.97 Å². The molecule has 2 rings (SSSR count). The van der Waals surface area contributed by atoms with Gasteiger partial charge in [-0.25, -0.2) is 4.79 Å².